The third-order valence-corrected chi connectivity index (χ3v) is 9.96. The van der Waals surface area contributed by atoms with E-state index in [2.05, 4.69) is 50.9 Å². The minimum Gasteiger partial charge on any atom is -0.393 e. The lowest BCUT2D eigenvalue weighted by molar-refractivity contribution is -0.133. The summed E-state index contributed by atoms with van der Waals surface area (Å²) in [6.45, 7) is 11.5. The van der Waals surface area contributed by atoms with Crippen LogP contribution in [0, 0.1) is 28.6 Å². The lowest BCUT2D eigenvalue weighted by atomic mass is 9.61. The Hall–Kier alpha value is -1.98. The van der Waals surface area contributed by atoms with Gasteiger partial charge in [0.15, 0.2) is 5.78 Å². The van der Waals surface area contributed by atoms with Gasteiger partial charge in [0, 0.05) is 13.0 Å². The van der Waals surface area contributed by atoms with Crippen LogP contribution >= 0.6 is 0 Å². The molecule has 0 aromatic carbocycles. The molecule has 204 valence electrons. The van der Waals surface area contributed by atoms with E-state index in [0.29, 0.717) is 44.1 Å². The molecule has 0 heterocycles. The van der Waals surface area contributed by atoms with Gasteiger partial charge in [0.25, 0.3) is 0 Å². The number of allylic oxidation sites excluding steroid dienone is 5. The highest BCUT2D eigenvalue weighted by Crippen LogP contribution is 2.59. The van der Waals surface area contributed by atoms with Crippen LogP contribution < -0.4 is 5.32 Å². The first kappa shape index (κ1) is 28.0. The minimum absolute atomic E-state index is 0.0269. The summed E-state index contributed by atoms with van der Waals surface area (Å²) in [4.78, 5) is 25.7. The molecule has 5 heteroatoms. The molecule has 4 aliphatic rings. The van der Waals surface area contributed by atoms with Crippen molar-refractivity contribution >= 4 is 11.7 Å². The van der Waals surface area contributed by atoms with Gasteiger partial charge in [-0.05, 0) is 98.2 Å². The van der Waals surface area contributed by atoms with Crippen molar-refractivity contribution in [1.82, 2.24) is 5.32 Å². The summed E-state index contributed by atoms with van der Waals surface area (Å²) in [5.74, 6) is 1.17. The summed E-state index contributed by atoms with van der Waals surface area (Å²) in [7, 11) is 0. The molecule has 0 bridgehead atoms. The summed E-state index contributed by atoms with van der Waals surface area (Å²) in [5.41, 5.74) is 2.54. The molecule has 0 saturated heterocycles. The molecule has 6 atom stereocenters. The third-order valence-electron chi connectivity index (χ3n) is 9.96. The zero-order valence-electron chi connectivity index (χ0n) is 23.1. The monoisotopic (exact) mass is 509 g/mol. The molecule has 0 spiro atoms. The van der Waals surface area contributed by atoms with Gasteiger partial charge in [-0.25, -0.2) is 0 Å². The Bertz CT molecular complexity index is 987. The molecule has 0 unspecified atom stereocenters. The Morgan fingerprint density at radius 1 is 1.19 bits per heavy atom. The fourth-order valence-electron chi connectivity index (χ4n) is 7.40. The molecule has 4 saturated carbocycles. The molecule has 3 N–H and O–H groups in total. The van der Waals surface area contributed by atoms with Crippen LogP contribution in [0.3, 0.4) is 0 Å². The Morgan fingerprint density at radius 3 is 2.65 bits per heavy atom. The molecule has 0 radical (unpaired) electrons. The molecule has 4 fully saturated rings. The van der Waals surface area contributed by atoms with Gasteiger partial charge >= 0.3 is 0 Å². The van der Waals surface area contributed by atoms with Crippen molar-refractivity contribution in [3.05, 3.63) is 47.6 Å². The van der Waals surface area contributed by atoms with Crippen molar-refractivity contribution < 1.29 is 19.8 Å². The second-order valence-electron chi connectivity index (χ2n) is 12.4. The Balaban J connectivity index is 1.42. The van der Waals surface area contributed by atoms with Gasteiger partial charge in [-0.2, -0.15) is 0 Å². The number of fused-ring (bicyclic) bond motifs is 1. The van der Waals surface area contributed by atoms with Crippen molar-refractivity contribution in [1.29, 1.82) is 0 Å². The van der Waals surface area contributed by atoms with Gasteiger partial charge in [-0.3, -0.25) is 9.59 Å². The highest BCUT2D eigenvalue weighted by atomic mass is 16.3. The second-order valence-corrected chi connectivity index (χ2v) is 12.4. The van der Waals surface area contributed by atoms with Crippen molar-refractivity contribution in [2.24, 2.45) is 28.6 Å². The molecule has 37 heavy (non-hydrogen) atoms. The molecular formula is C32H47NO4. The van der Waals surface area contributed by atoms with Crippen LogP contribution in [-0.4, -0.2) is 40.7 Å². The van der Waals surface area contributed by atoms with Gasteiger partial charge in [0.1, 0.15) is 5.41 Å². The van der Waals surface area contributed by atoms with Crippen LogP contribution in [0.15, 0.2) is 47.6 Å². The van der Waals surface area contributed by atoms with Gasteiger partial charge in [0.2, 0.25) is 5.91 Å². The number of hydrogen-bond acceptors (Lipinski definition) is 4. The van der Waals surface area contributed by atoms with Gasteiger partial charge < -0.3 is 15.5 Å². The van der Waals surface area contributed by atoms with Crippen molar-refractivity contribution in [3.63, 3.8) is 0 Å². The molecular weight excluding hydrogens is 462 g/mol. The first-order chi connectivity index (χ1) is 17.6. The average Bonchev–Trinajstić information content (AvgIpc) is 3.60. The van der Waals surface area contributed by atoms with Crippen LogP contribution in [0.1, 0.15) is 91.4 Å². The molecule has 0 aromatic heterocycles. The van der Waals surface area contributed by atoms with Crippen LogP contribution in [-0.2, 0) is 9.59 Å². The molecule has 0 aromatic rings. The molecule has 4 aliphatic carbocycles. The van der Waals surface area contributed by atoms with Crippen LogP contribution in [0.2, 0.25) is 0 Å². The van der Waals surface area contributed by atoms with Crippen LogP contribution in [0.25, 0.3) is 0 Å². The molecule has 4 rings (SSSR count). The number of aliphatic hydroxyl groups excluding tert-OH is 2. The standard InChI is InChI=1S/C32H47NO4/c1-5-6-18-33-30(37)32(16-17-32)29(36)14-9-21(2)26-12-13-27-23(8-7-15-31(26,27)4)10-11-24-19-25(34)20-28(35)22(24)3/h9-11,14,21,25-28,34-35H,3,5-8,12-13,15-20H2,1-2,4H3,(H,33,37)/b14-9+,23-10+,24-11-/t21-,25-,26-,27+,28+,31-/m1/s1. The van der Waals surface area contributed by atoms with E-state index >= 15 is 0 Å². The van der Waals surface area contributed by atoms with E-state index in [-0.39, 0.29) is 23.0 Å². The summed E-state index contributed by atoms with van der Waals surface area (Å²) in [6, 6.07) is 0. The van der Waals surface area contributed by atoms with E-state index in [1.165, 1.54) is 12.0 Å². The maximum Gasteiger partial charge on any atom is 0.234 e. The number of rotatable bonds is 9. The Kier molecular flexibility index (Phi) is 8.65. The van der Waals surface area contributed by atoms with E-state index in [1.54, 1.807) is 6.08 Å². The summed E-state index contributed by atoms with van der Waals surface area (Å²) in [5, 5.41) is 23.3. The average molecular weight is 510 g/mol. The smallest absolute Gasteiger partial charge is 0.234 e. The van der Waals surface area contributed by atoms with E-state index < -0.39 is 17.6 Å². The summed E-state index contributed by atoms with van der Waals surface area (Å²) < 4.78 is 0. The van der Waals surface area contributed by atoms with E-state index in [1.807, 2.05) is 0 Å². The third kappa shape index (κ3) is 5.73. The summed E-state index contributed by atoms with van der Waals surface area (Å²) in [6.07, 6.45) is 16.9. The SMILES string of the molecule is C=C1/C(=C\C=C2/CCC[C@]3(C)[C@@H]([C@H](C)/C=C/C(=O)C4(C(=O)NCCCC)CC4)CC[C@@H]23)C[C@@H](O)C[C@@H]1O. The highest BCUT2D eigenvalue weighted by molar-refractivity contribution is 6.13. The number of amides is 1. The van der Waals surface area contributed by atoms with E-state index in [4.69, 9.17) is 0 Å². The van der Waals surface area contributed by atoms with Gasteiger partial charge in [-0.15, -0.1) is 0 Å². The molecule has 1 amide bonds. The number of aliphatic hydroxyl groups is 2. The van der Waals surface area contributed by atoms with Crippen LogP contribution in [0.4, 0.5) is 0 Å². The molecule has 5 nitrogen and oxygen atoms in total. The van der Waals surface area contributed by atoms with Crippen LogP contribution in [0.5, 0.6) is 0 Å². The van der Waals surface area contributed by atoms with Crippen molar-refractivity contribution in [2.45, 2.75) is 104 Å². The van der Waals surface area contributed by atoms with E-state index in [0.717, 1.165) is 49.7 Å². The highest BCUT2D eigenvalue weighted by Gasteiger charge is 2.55. The second kappa shape index (κ2) is 11.4. The van der Waals surface area contributed by atoms with Crippen molar-refractivity contribution in [2.75, 3.05) is 6.54 Å². The van der Waals surface area contributed by atoms with E-state index in [9.17, 15) is 19.8 Å². The fourth-order valence-corrected chi connectivity index (χ4v) is 7.40. The first-order valence-corrected chi connectivity index (χ1v) is 14.6. The number of carbonyl (C=O) groups is 2. The topological polar surface area (TPSA) is 86.6 Å². The number of carbonyl (C=O) groups excluding carboxylic acids is 2. The minimum atomic E-state index is -0.815. The number of unbranched alkanes of at least 4 members (excludes halogenated alkanes) is 1. The normalized spacial score (nSPS) is 36.1. The largest absolute Gasteiger partial charge is 0.393 e. The molecule has 0 aliphatic heterocycles. The lowest BCUT2D eigenvalue weighted by Crippen LogP contribution is -2.37. The van der Waals surface area contributed by atoms with Gasteiger partial charge in [-0.1, -0.05) is 57.6 Å². The number of nitrogens with one attached hydrogen (secondary N) is 1. The van der Waals surface area contributed by atoms with Crippen molar-refractivity contribution in [3.8, 4) is 0 Å². The number of hydrogen-bond donors (Lipinski definition) is 3. The quantitative estimate of drug-likeness (QED) is 0.215. The Labute approximate surface area is 223 Å². The summed E-state index contributed by atoms with van der Waals surface area (Å²) >= 11 is 0. The van der Waals surface area contributed by atoms with Gasteiger partial charge in [0.05, 0.1) is 12.2 Å². The predicted molar refractivity (Wildman–Crippen MR) is 148 cm³/mol. The first-order valence-electron chi connectivity index (χ1n) is 14.6. The lowest BCUT2D eigenvalue weighted by Gasteiger charge is -2.44. The zero-order chi connectivity index (χ0) is 26.8. The fraction of sp³-hybridized carbons (Fsp3) is 0.688. The maximum absolute atomic E-state index is 13.0. The number of ketones is 1. The Morgan fingerprint density at radius 2 is 1.95 bits per heavy atom. The predicted octanol–water partition coefficient (Wildman–Crippen LogP) is 5.59. The zero-order valence-corrected chi connectivity index (χ0v) is 23.1. The maximum atomic E-state index is 13.0.